The first kappa shape index (κ1) is 20.5. The van der Waals surface area contributed by atoms with Gasteiger partial charge in [0.05, 0.1) is 13.3 Å². The fraction of sp³-hybridized carbons (Fsp3) is 0.238. The van der Waals surface area contributed by atoms with Gasteiger partial charge in [0, 0.05) is 0 Å². The van der Waals surface area contributed by atoms with Gasteiger partial charge in [0.15, 0.2) is 11.5 Å². The highest BCUT2D eigenvalue weighted by atomic mass is 32.1. The maximum absolute atomic E-state index is 12.1. The number of methoxy groups -OCH3 is 1. The summed E-state index contributed by atoms with van der Waals surface area (Å²) in [6.45, 7) is 6.15. The number of aryl methyl sites for hydroxylation is 3. The van der Waals surface area contributed by atoms with Crippen molar-refractivity contribution >= 4 is 18.4 Å². The predicted molar refractivity (Wildman–Crippen MR) is 115 cm³/mol. The van der Waals surface area contributed by atoms with E-state index in [1.165, 1.54) is 17.3 Å². The summed E-state index contributed by atoms with van der Waals surface area (Å²) in [5.74, 6) is 1.19. The smallest absolute Gasteiger partial charge is 0.296 e. The zero-order chi connectivity index (χ0) is 21.0. The molecule has 0 bridgehead atoms. The molecule has 1 aromatic heterocycles. The molecule has 1 N–H and O–H groups in total. The summed E-state index contributed by atoms with van der Waals surface area (Å²) in [7, 11) is 1.58. The topological polar surface area (TPSA) is 81.5 Å². The molecule has 0 spiro atoms. The number of nitrogens with zero attached hydrogens (tertiary/aromatic N) is 3. The SMILES string of the molecule is COc1cc(C=Nn2c(=S)[nH]nc(C)c2=O)ccc1OCc1cc(C)cc(C)c1. The minimum absolute atomic E-state index is 0.122. The highest BCUT2D eigenvalue weighted by Gasteiger charge is 2.07. The van der Waals surface area contributed by atoms with Crippen molar-refractivity contribution in [1.29, 1.82) is 0 Å². The molecule has 3 rings (SSSR count). The van der Waals surface area contributed by atoms with E-state index in [1.807, 2.05) is 12.1 Å². The van der Waals surface area contributed by atoms with E-state index in [0.717, 1.165) is 15.8 Å². The molecular formula is C21H22N4O3S. The van der Waals surface area contributed by atoms with Crippen molar-refractivity contribution in [1.82, 2.24) is 14.9 Å². The number of ether oxygens (including phenoxy) is 2. The molecule has 2 aromatic carbocycles. The Morgan fingerprint density at radius 2 is 1.86 bits per heavy atom. The summed E-state index contributed by atoms with van der Waals surface area (Å²) in [5.41, 5.74) is 4.13. The second kappa shape index (κ2) is 8.83. The lowest BCUT2D eigenvalue weighted by atomic mass is 10.1. The molecule has 0 radical (unpaired) electrons. The Hall–Kier alpha value is -3.26. The van der Waals surface area contributed by atoms with Crippen LogP contribution in [0.1, 0.15) is 27.9 Å². The average Bonchev–Trinajstić information content (AvgIpc) is 2.69. The van der Waals surface area contributed by atoms with Gasteiger partial charge in [-0.15, -0.1) is 0 Å². The standard InChI is InChI=1S/C21H22N4O3S/c1-13-7-14(2)9-17(8-13)12-28-18-6-5-16(10-19(18)27-4)11-22-25-20(26)15(3)23-24-21(25)29/h5-11H,12H2,1-4H3,(H,24,29). The third kappa shape index (κ3) is 4.97. The first-order valence-corrected chi connectivity index (χ1v) is 9.39. The van der Waals surface area contributed by atoms with E-state index in [1.54, 1.807) is 20.1 Å². The maximum Gasteiger partial charge on any atom is 0.296 e. The van der Waals surface area contributed by atoms with Gasteiger partial charge >= 0.3 is 0 Å². The van der Waals surface area contributed by atoms with Crippen molar-refractivity contribution in [2.75, 3.05) is 7.11 Å². The summed E-state index contributed by atoms with van der Waals surface area (Å²) < 4.78 is 12.6. The number of benzene rings is 2. The van der Waals surface area contributed by atoms with Crippen molar-refractivity contribution < 1.29 is 9.47 Å². The van der Waals surface area contributed by atoms with Crippen LogP contribution in [0.15, 0.2) is 46.3 Å². The third-order valence-electron chi connectivity index (χ3n) is 4.20. The Labute approximate surface area is 173 Å². The van der Waals surface area contributed by atoms with Crippen LogP contribution in [0.25, 0.3) is 0 Å². The van der Waals surface area contributed by atoms with Gasteiger partial charge in [-0.2, -0.15) is 14.9 Å². The van der Waals surface area contributed by atoms with Crippen molar-refractivity contribution in [2.24, 2.45) is 5.10 Å². The lowest BCUT2D eigenvalue weighted by Crippen LogP contribution is -2.22. The second-order valence-corrected chi connectivity index (χ2v) is 7.06. The van der Waals surface area contributed by atoms with Crippen LogP contribution in [-0.2, 0) is 6.61 Å². The summed E-state index contributed by atoms with van der Waals surface area (Å²) in [4.78, 5) is 12.1. The van der Waals surface area contributed by atoms with Crippen molar-refractivity contribution in [3.05, 3.63) is 79.5 Å². The van der Waals surface area contributed by atoms with Crippen LogP contribution in [0.3, 0.4) is 0 Å². The molecular weight excluding hydrogens is 388 g/mol. The summed E-state index contributed by atoms with van der Waals surface area (Å²) in [6, 6.07) is 11.7. The minimum Gasteiger partial charge on any atom is -0.493 e. The van der Waals surface area contributed by atoms with E-state index < -0.39 is 0 Å². The molecule has 7 nitrogen and oxygen atoms in total. The van der Waals surface area contributed by atoms with Crippen LogP contribution in [0.4, 0.5) is 0 Å². The normalized spacial score (nSPS) is 11.0. The molecule has 3 aromatic rings. The Bertz CT molecular complexity index is 1160. The zero-order valence-electron chi connectivity index (χ0n) is 16.7. The molecule has 0 amide bonds. The molecule has 0 aliphatic carbocycles. The predicted octanol–water partition coefficient (Wildman–Crippen LogP) is 3.70. The van der Waals surface area contributed by atoms with Gasteiger partial charge in [-0.05, 0) is 62.3 Å². The molecule has 1 heterocycles. The Balaban J connectivity index is 1.81. The van der Waals surface area contributed by atoms with Crippen LogP contribution in [0.5, 0.6) is 11.5 Å². The second-order valence-electron chi connectivity index (χ2n) is 6.67. The van der Waals surface area contributed by atoms with Crippen molar-refractivity contribution in [2.45, 2.75) is 27.4 Å². The van der Waals surface area contributed by atoms with Gasteiger partial charge in [-0.1, -0.05) is 29.3 Å². The summed E-state index contributed by atoms with van der Waals surface area (Å²) >= 11 is 5.07. The van der Waals surface area contributed by atoms with Crippen LogP contribution in [-0.4, -0.2) is 28.2 Å². The maximum atomic E-state index is 12.1. The molecule has 8 heteroatoms. The summed E-state index contributed by atoms with van der Waals surface area (Å²) in [6.07, 6.45) is 1.53. The quantitative estimate of drug-likeness (QED) is 0.495. The number of hydrogen-bond acceptors (Lipinski definition) is 6. The van der Waals surface area contributed by atoms with Gasteiger partial charge in [0.2, 0.25) is 4.77 Å². The van der Waals surface area contributed by atoms with Gasteiger partial charge < -0.3 is 9.47 Å². The fourth-order valence-electron chi connectivity index (χ4n) is 2.90. The van der Waals surface area contributed by atoms with Crippen molar-refractivity contribution in [3.63, 3.8) is 0 Å². The highest BCUT2D eigenvalue weighted by Crippen LogP contribution is 2.28. The molecule has 0 atom stereocenters. The minimum atomic E-state index is -0.370. The Kier molecular flexibility index (Phi) is 6.23. The fourth-order valence-corrected chi connectivity index (χ4v) is 3.07. The highest BCUT2D eigenvalue weighted by molar-refractivity contribution is 7.71. The number of nitrogens with one attached hydrogen (secondary N) is 1. The van der Waals surface area contributed by atoms with E-state index in [9.17, 15) is 4.79 Å². The van der Waals surface area contributed by atoms with E-state index in [-0.39, 0.29) is 16.0 Å². The van der Waals surface area contributed by atoms with Gasteiger partial charge in [0.25, 0.3) is 5.56 Å². The van der Waals surface area contributed by atoms with Crippen LogP contribution in [0, 0.1) is 25.5 Å². The van der Waals surface area contributed by atoms with Gasteiger partial charge in [-0.3, -0.25) is 9.89 Å². The Morgan fingerprint density at radius 3 is 2.55 bits per heavy atom. The Morgan fingerprint density at radius 1 is 1.14 bits per heavy atom. The molecule has 0 aliphatic heterocycles. The monoisotopic (exact) mass is 410 g/mol. The van der Waals surface area contributed by atoms with E-state index in [4.69, 9.17) is 21.7 Å². The lowest BCUT2D eigenvalue weighted by Gasteiger charge is -2.12. The molecule has 0 unspecified atom stereocenters. The van der Waals surface area contributed by atoms with Crippen molar-refractivity contribution in [3.8, 4) is 11.5 Å². The number of H-pyrrole nitrogens is 1. The van der Waals surface area contributed by atoms with Crippen LogP contribution in [0.2, 0.25) is 0 Å². The van der Waals surface area contributed by atoms with Crippen LogP contribution >= 0.6 is 12.2 Å². The zero-order valence-corrected chi connectivity index (χ0v) is 17.5. The number of aromatic amines is 1. The molecule has 29 heavy (non-hydrogen) atoms. The largest absolute Gasteiger partial charge is 0.493 e. The van der Waals surface area contributed by atoms with E-state index in [0.29, 0.717) is 18.1 Å². The molecule has 0 saturated heterocycles. The lowest BCUT2D eigenvalue weighted by molar-refractivity contribution is 0.284. The average molecular weight is 410 g/mol. The van der Waals surface area contributed by atoms with E-state index in [2.05, 4.69) is 47.3 Å². The van der Waals surface area contributed by atoms with Gasteiger partial charge in [0.1, 0.15) is 12.3 Å². The van der Waals surface area contributed by atoms with E-state index >= 15 is 0 Å². The first-order chi connectivity index (χ1) is 13.9. The molecule has 150 valence electrons. The number of aromatic nitrogens is 3. The molecule has 0 saturated carbocycles. The molecule has 0 fully saturated rings. The third-order valence-corrected chi connectivity index (χ3v) is 4.46. The summed E-state index contributed by atoms with van der Waals surface area (Å²) in [5, 5.41) is 10.6. The number of rotatable bonds is 6. The van der Waals surface area contributed by atoms with Gasteiger partial charge in [-0.25, -0.2) is 0 Å². The van der Waals surface area contributed by atoms with Crippen LogP contribution < -0.4 is 15.0 Å². The number of hydrogen-bond donors (Lipinski definition) is 1. The molecule has 0 aliphatic rings. The first-order valence-electron chi connectivity index (χ1n) is 8.98.